The minimum absolute atomic E-state index is 0.00843. The molecular formula is C43H29ClO11. The van der Waals surface area contributed by atoms with Gasteiger partial charge in [-0.3, -0.25) is 14.4 Å². The van der Waals surface area contributed by atoms with Crippen molar-refractivity contribution in [2.24, 2.45) is 0 Å². The Hall–Kier alpha value is -6.72. The number of halogens is 1. The number of fused-ring (bicyclic) bond motifs is 8. The molecule has 6 aromatic rings. The maximum Gasteiger partial charge on any atom is 0.341 e. The Kier molecular flexibility index (Phi) is 8.54. The van der Waals surface area contributed by atoms with Crippen molar-refractivity contribution in [3.05, 3.63) is 129 Å². The van der Waals surface area contributed by atoms with Crippen molar-refractivity contribution < 1.29 is 52.4 Å². The Morgan fingerprint density at radius 2 is 1.24 bits per heavy atom. The largest absolute Gasteiger partial charge is 0.456 e. The highest BCUT2D eigenvalue weighted by Crippen LogP contribution is 2.60. The Morgan fingerprint density at radius 1 is 0.655 bits per heavy atom. The molecule has 0 bridgehead atoms. The van der Waals surface area contributed by atoms with E-state index in [9.17, 15) is 24.0 Å². The highest BCUT2D eigenvalue weighted by Gasteiger charge is 2.54. The Labute approximate surface area is 318 Å². The second-order valence-electron chi connectivity index (χ2n) is 13.0. The highest BCUT2D eigenvalue weighted by atomic mass is 35.5. The molecule has 0 aliphatic carbocycles. The normalized spacial score (nSPS) is 15.0. The van der Waals surface area contributed by atoms with E-state index in [2.05, 4.69) is 0 Å². The third-order valence-corrected chi connectivity index (χ3v) is 9.92. The van der Waals surface area contributed by atoms with Crippen LogP contribution in [0.4, 0.5) is 0 Å². The molecule has 274 valence electrons. The number of hydrogen-bond acceptors (Lipinski definition) is 11. The van der Waals surface area contributed by atoms with E-state index in [1.165, 1.54) is 51.1 Å². The molecule has 0 saturated heterocycles. The summed E-state index contributed by atoms with van der Waals surface area (Å²) in [6, 6.07) is 26.2. The lowest BCUT2D eigenvalue weighted by molar-refractivity contribution is -0.149. The molecule has 55 heavy (non-hydrogen) atoms. The van der Waals surface area contributed by atoms with Gasteiger partial charge in [0.25, 0.3) is 0 Å². The highest BCUT2D eigenvalue weighted by molar-refractivity contribution is 6.32. The van der Waals surface area contributed by atoms with Gasteiger partial charge in [-0.2, -0.15) is 0 Å². The first-order valence-electron chi connectivity index (χ1n) is 17.0. The quantitative estimate of drug-likeness (QED) is 0.0697. The number of hydrogen-bond donors (Lipinski definition) is 0. The summed E-state index contributed by atoms with van der Waals surface area (Å²) >= 11 is 6.73. The number of carbonyl (C=O) groups is 5. The van der Waals surface area contributed by atoms with Crippen LogP contribution in [0, 0.1) is 6.92 Å². The van der Waals surface area contributed by atoms with Crippen LogP contribution in [0.15, 0.2) is 91.0 Å². The van der Waals surface area contributed by atoms with E-state index in [4.69, 9.17) is 40.0 Å². The molecule has 6 aromatic carbocycles. The van der Waals surface area contributed by atoms with Crippen molar-refractivity contribution in [3.8, 4) is 34.1 Å². The number of ether oxygens (including phenoxy) is 6. The Balaban J connectivity index is 1.46. The van der Waals surface area contributed by atoms with Crippen molar-refractivity contribution in [2.75, 3.05) is 6.79 Å². The topological polar surface area (TPSA) is 141 Å². The van der Waals surface area contributed by atoms with Gasteiger partial charge in [-0.25, -0.2) is 9.59 Å². The van der Waals surface area contributed by atoms with E-state index in [1.807, 2.05) is 55.5 Å². The molecule has 8 rings (SSSR count). The molecule has 2 aliphatic heterocycles. The summed E-state index contributed by atoms with van der Waals surface area (Å²) in [5.41, 5.74) is 1.42. The van der Waals surface area contributed by atoms with Gasteiger partial charge in [0.05, 0.1) is 16.1 Å². The van der Waals surface area contributed by atoms with Crippen molar-refractivity contribution >= 4 is 63.0 Å². The SMILES string of the molecule is CC(=O)OCOC(=O)c1ccc2c(c1)C1(OC2=O)c2cc(Cl)c(OC(C)=O)cc2Oc2cc(OC(C)=O)c(-c3c4ccccc4c(C)c4ccccc34)cc21. The molecule has 0 N–H and O–H groups in total. The van der Waals surface area contributed by atoms with Gasteiger partial charge in [0.2, 0.25) is 6.79 Å². The fraction of sp³-hybridized carbons (Fsp3) is 0.140. The summed E-state index contributed by atoms with van der Waals surface area (Å²) in [6.45, 7) is 5.11. The molecule has 0 saturated carbocycles. The number of esters is 5. The van der Waals surface area contributed by atoms with Crippen LogP contribution in [-0.2, 0) is 34.2 Å². The van der Waals surface area contributed by atoms with E-state index in [0.717, 1.165) is 32.7 Å². The first-order chi connectivity index (χ1) is 26.4. The summed E-state index contributed by atoms with van der Waals surface area (Å²) in [7, 11) is 0. The van der Waals surface area contributed by atoms with E-state index in [1.54, 1.807) is 12.1 Å². The first-order valence-corrected chi connectivity index (χ1v) is 17.4. The number of benzene rings is 6. The van der Waals surface area contributed by atoms with Gasteiger partial charge >= 0.3 is 29.8 Å². The lowest BCUT2D eigenvalue weighted by atomic mass is 9.76. The molecule has 0 amide bonds. The molecule has 0 fully saturated rings. The summed E-state index contributed by atoms with van der Waals surface area (Å²) in [4.78, 5) is 63.3. The summed E-state index contributed by atoms with van der Waals surface area (Å²) in [6.07, 6.45) is 0. The van der Waals surface area contributed by atoms with Crippen molar-refractivity contribution in [1.82, 2.24) is 0 Å². The molecule has 2 aliphatic rings. The minimum atomic E-state index is -1.82. The molecule has 1 spiro atoms. The smallest absolute Gasteiger partial charge is 0.341 e. The third kappa shape index (κ3) is 5.80. The van der Waals surface area contributed by atoms with Gasteiger partial charge in [0, 0.05) is 60.7 Å². The van der Waals surface area contributed by atoms with Gasteiger partial charge in [-0.05, 0) is 64.4 Å². The van der Waals surface area contributed by atoms with E-state index in [-0.39, 0.29) is 50.3 Å². The van der Waals surface area contributed by atoms with Crippen molar-refractivity contribution in [2.45, 2.75) is 33.3 Å². The monoisotopic (exact) mass is 756 g/mol. The first kappa shape index (κ1) is 35.3. The van der Waals surface area contributed by atoms with Crippen LogP contribution in [0.3, 0.4) is 0 Å². The maximum absolute atomic E-state index is 13.9. The minimum Gasteiger partial charge on any atom is -0.456 e. The molecule has 2 heterocycles. The van der Waals surface area contributed by atoms with Crippen molar-refractivity contribution in [3.63, 3.8) is 0 Å². The van der Waals surface area contributed by atoms with Gasteiger partial charge in [0.15, 0.2) is 11.4 Å². The lowest BCUT2D eigenvalue weighted by Gasteiger charge is -2.37. The van der Waals surface area contributed by atoms with Crippen LogP contribution in [-0.4, -0.2) is 36.6 Å². The third-order valence-electron chi connectivity index (χ3n) is 9.62. The second kappa shape index (κ2) is 13.3. The van der Waals surface area contributed by atoms with E-state index < -0.39 is 42.2 Å². The van der Waals surface area contributed by atoms with Gasteiger partial charge in [-0.1, -0.05) is 60.1 Å². The zero-order chi connectivity index (χ0) is 38.8. The zero-order valence-corrected chi connectivity index (χ0v) is 30.5. The maximum atomic E-state index is 13.9. The molecule has 12 heteroatoms. The zero-order valence-electron chi connectivity index (χ0n) is 29.7. The lowest BCUT2D eigenvalue weighted by Crippen LogP contribution is -2.33. The van der Waals surface area contributed by atoms with Crippen LogP contribution < -0.4 is 14.2 Å². The number of carbonyl (C=O) groups excluding carboxylic acids is 5. The van der Waals surface area contributed by atoms with E-state index in [0.29, 0.717) is 11.1 Å². The van der Waals surface area contributed by atoms with Crippen LogP contribution in [0.2, 0.25) is 5.02 Å². The summed E-state index contributed by atoms with van der Waals surface area (Å²) < 4.78 is 34.2. The molecule has 1 unspecified atom stereocenters. The summed E-state index contributed by atoms with van der Waals surface area (Å²) in [5, 5.41) is 3.69. The summed E-state index contributed by atoms with van der Waals surface area (Å²) in [5.74, 6) is -3.05. The predicted molar refractivity (Wildman–Crippen MR) is 200 cm³/mol. The molecule has 1 atom stereocenters. The van der Waals surface area contributed by atoms with Crippen LogP contribution >= 0.6 is 11.6 Å². The van der Waals surface area contributed by atoms with Crippen LogP contribution in [0.25, 0.3) is 32.7 Å². The fourth-order valence-electron chi connectivity index (χ4n) is 7.42. The molecular weight excluding hydrogens is 728 g/mol. The van der Waals surface area contributed by atoms with Crippen LogP contribution in [0.1, 0.15) is 63.7 Å². The average Bonchev–Trinajstić information content (AvgIpc) is 3.44. The van der Waals surface area contributed by atoms with Gasteiger partial charge in [0.1, 0.15) is 17.2 Å². The molecule has 0 aromatic heterocycles. The predicted octanol–water partition coefficient (Wildman–Crippen LogP) is 8.72. The van der Waals surface area contributed by atoms with Gasteiger partial charge in [-0.15, -0.1) is 0 Å². The molecule has 11 nitrogen and oxygen atoms in total. The fourth-order valence-corrected chi connectivity index (χ4v) is 7.62. The van der Waals surface area contributed by atoms with Gasteiger partial charge < -0.3 is 28.4 Å². The Morgan fingerprint density at radius 3 is 1.85 bits per heavy atom. The standard InChI is InChI=1S/C43H29ClO11/c1-21-26-9-5-7-11-28(26)40(29-12-8-6-10-27(21)29)31-16-33-37(18-36(31)52-23(3)46)54-38-19-39(53-24(4)47)35(44)17-34(38)43(33)32-15-25(13-14-30(32)42(49)55-43)41(48)51-20-50-22(2)45/h5-19H,20H2,1-4H3. The van der Waals surface area contributed by atoms with Crippen LogP contribution in [0.5, 0.6) is 23.0 Å². The Bertz CT molecular complexity index is 2640. The van der Waals surface area contributed by atoms with Crippen molar-refractivity contribution in [1.29, 1.82) is 0 Å². The average molecular weight is 757 g/mol. The molecule has 0 radical (unpaired) electrons. The number of aryl methyl sites for hydroxylation is 1. The van der Waals surface area contributed by atoms with E-state index >= 15 is 0 Å². The second-order valence-corrected chi connectivity index (χ2v) is 13.4. The number of rotatable bonds is 6.